The molecule has 4 aromatic carbocycles. The second-order valence-corrected chi connectivity index (χ2v) is 9.30. The fourth-order valence-electron chi connectivity index (χ4n) is 4.59. The minimum absolute atomic E-state index is 0.0300. The third-order valence-corrected chi connectivity index (χ3v) is 6.51. The van der Waals surface area contributed by atoms with Crippen molar-refractivity contribution < 1.29 is 9.53 Å². The van der Waals surface area contributed by atoms with Crippen molar-refractivity contribution in [2.24, 2.45) is 0 Å². The second kappa shape index (κ2) is 11.1. The molecule has 5 aromatic rings. The van der Waals surface area contributed by atoms with Gasteiger partial charge in [-0.05, 0) is 54.3 Å². The van der Waals surface area contributed by atoms with E-state index in [4.69, 9.17) is 9.72 Å². The summed E-state index contributed by atoms with van der Waals surface area (Å²) in [6.07, 6.45) is 0.325. The van der Waals surface area contributed by atoms with Crippen LogP contribution in [0.2, 0.25) is 0 Å². The molecule has 1 aromatic heterocycles. The van der Waals surface area contributed by atoms with Gasteiger partial charge in [0.25, 0.3) is 0 Å². The first kappa shape index (κ1) is 24.3. The van der Waals surface area contributed by atoms with E-state index in [-0.39, 0.29) is 5.91 Å². The van der Waals surface area contributed by atoms with E-state index in [1.807, 2.05) is 54.6 Å². The molecule has 0 atom stereocenters. The number of hydrogen-bond donors (Lipinski definition) is 1. The van der Waals surface area contributed by atoms with Crippen LogP contribution in [0.25, 0.3) is 22.2 Å². The minimum Gasteiger partial charge on any atom is -0.491 e. The van der Waals surface area contributed by atoms with Crippen molar-refractivity contribution >= 4 is 16.9 Å². The summed E-state index contributed by atoms with van der Waals surface area (Å²) in [4.78, 5) is 17.5. The molecule has 1 heterocycles. The molecule has 0 aliphatic carbocycles. The molecule has 0 spiro atoms. The molecule has 0 aliphatic rings. The van der Waals surface area contributed by atoms with Crippen LogP contribution in [-0.2, 0) is 24.3 Å². The first-order valence-electron chi connectivity index (χ1n) is 12.6. The maximum atomic E-state index is 12.8. The van der Waals surface area contributed by atoms with Gasteiger partial charge in [-0.3, -0.25) is 4.79 Å². The molecule has 0 radical (unpaired) electrons. The fourth-order valence-corrected chi connectivity index (χ4v) is 4.59. The predicted octanol–water partition coefficient (Wildman–Crippen LogP) is 6.26. The summed E-state index contributed by atoms with van der Waals surface area (Å²) >= 11 is 0. The number of benzene rings is 4. The molecule has 0 bridgehead atoms. The smallest absolute Gasteiger partial charge is 0.224 e. The van der Waals surface area contributed by atoms with E-state index in [9.17, 15) is 4.79 Å². The van der Waals surface area contributed by atoms with Gasteiger partial charge in [0.2, 0.25) is 5.91 Å². The third-order valence-electron chi connectivity index (χ3n) is 6.51. The van der Waals surface area contributed by atoms with Gasteiger partial charge in [0.1, 0.15) is 18.2 Å². The third kappa shape index (κ3) is 5.89. The summed E-state index contributed by atoms with van der Waals surface area (Å²) in [6.45, 7) is 5.65. The average molecular weight is 490 g/mol. The van der Waals surface area contributed by atoms with Gasteiger partial charge in [0.05, 0.1) is 30.5 Å². The van der Waals surface area contributed by atoms with E-state index in [1.165, 1.54) is 11.1 Å². The first-order chi connectivity index (χ1) is 18.1. The number of carbonyl (C=O) groups excluding carboxylic acids is 1. The molecule has 5 rings (SSSR count). The maximum Gasteiger partial charge on any atom is 0.224 e. The molecule has 0 saturated carbocycles. The van der Waals surface area contributed by atoms with Gasteiger partial charge in [0.15, 0.2) is 0 Å². The quantitative estimate of drug-likeness (QED) is 0.266. The van der Waals surface area contributed by atoms with Gasteiger partial charge in [-0.1, -0.05) is 84.4 Å². The van der Waals surface area contributed by atoms with E-state index < -0.39 is 0 Å². The molecular weight excluding hydrogens is 458 g/mol. The Morgan fingerprint density at radius 3 is 2.38 bits per heavy atom. The molecular formula is C32H31N3O2. The fraction of sp³-hybridized carbons (Fsp3) is 0.188. The highest BCUT2D eigenvalue weighted by molar-refractivity contribution is 5.79. The monoisotopic (exact) mass is 489 g/mol. The number of aryl methyl sites for hydroxylation is 2. The lowest BCUT2D eigenvalue weighted by atomic mass is 10.0. The number of rotatable bonds is 9. The zero-order valence-electron chi connectivity index (χ0n) is 21.3. The Hall–Kier alpha value is -4.38. The summed E-state index contributed by atoms with van der Waals surface area (Å²) in [7, 11) is 0. The van der Waals surface area contributed by atoms with Gasteiger partial charge >= 0.3 is 0 Å². The number of aromatic nitrogens is 2. The van der Waals surface area contributed by atoms with E-state index in [2.05, 4.69) is 66.2 Å². The van der Waals surface area contributed by atoms with Gasteiger partial charge < -0.3 is 14.6 Å². The average Bonchev–Trinajstić information content (AvgIpc) is 3.27. The van der Waals surface area contributed by atoms with Crippen molar-refractivity contribution in [1.82, 2.24) is 14.9 Å². The van der Waals surface area contributed by atoms with E-state index in [0.717, 1.165) is 39.3 Å². The zero-order valence-corrected chi connectivity index (χ0v) is 21.3. The van der Waals surface area contributed by atoms with E-state index in [0.29, 0.717) is 26.1 Å². The molecule has 1 N–H and O–H groups in total. The van der Waals surface area contributed by atoms with Crippen molar-refractivity contribution in [3.05, 3.63) is 120 Å². The molecule has 0 aliphatic heterocycles. The molecule has 0 saturated heterocycles. The van der Waals surface area contributed by atoms with Gasteiger partial charge in [-0.25, -0.2) is 4.98 Å². The van der Waals surface area contributed by atoms with Crippen LogP contribution in [0.5, 0.6) is 5.75 Å². The largest absolute Gasteiger partial charge is 0.491 e. The number of para-hydroxylation sites is 2. The van der Waals surface area contributed by atoms with Crippen LogP contribution in [0.15, 0.2) is 97.1 Å². The normalized spacial score (nSPS) is 11.0. The van der Waals surface area contributed by atoms with Crippen molar-refractivity contribution in [2.75, 3.05) is 6.61 Å². The highest BCUT2D eigenvalue weighted by Crippen LogP contribution is 2.21. The van der Waals surface area contributed by atoms with Crippen LogP contribution < -0.4 is 10.1 Å². The predicted molar refractivity (Wildman–Crippen MR) is 149 cm³/mol. The zero-order chi connectivity index (χ0) is 25.6. The highest BCUT2D eigenvalue weighted by atomic mass is 16.5. The lowest BCUT2D eigenvalue weighted by Gasteiger charge is -2.13. The number of imidazole rings is 1. The summed E-state index contributed by atoms with van der Waals surface area (Å²) in [6, 6.07) is 32.6. The number of fused-ring (bicyclic) bond motifs is 1. The number of nitrogens with one attached hydrogen (secondary N) is 1. The highest BCUT2D eigenvalue weighted by Gasteiger charge is 2.13. The molecule has 37 heavy (non-hydrogen) atoms. The Kier molecular flexibility index (Phi) is 7.31. The Morgan fingerprint density at radius 2 is 1.59 bits per heavy atom. The molecule has 0 unspecified atom stereocenters. The summed E-state index contributed by atoms with van der Waals surface area (Å²) in [5, 5.41) is 3.06. The van der Waals surface area contributed by atoms with Crippen LogP contribution in [0.4, 0.5) is 0 Å². The standard InChI is InChI=1S/C32H31N3O2/c1-23-12-17-30(24(2)20-23)37-19-18-35-29-11-7-6-10-28(29)34-31(35)22-33-32(36)21-25-13-15-27(16-14-25)26-8-4-3-5-9-26/h3-17,20H,18-19,21-22H2,1-2H3,(H,33,36). The SMILES string of the molecule is Cc1ccc(OCCn2c(CNC(=O)Cc3ccc(-c4ccccc4)cc3)nc3ccccc32)c(C)c1. The van der Waals surface area contributed by atoms with E-state index >= 15 is 0 Å². The maximum absolute atomic E-state index is 12.8. The molecule has 0 fully saturated rings. The lowest BCUT2D eigenvalue weighted by molar-refractivity contribution is -0.120. The van der Waals surface area contributed by atoms with Crippen molar-refractivity contribution in [3.63, 3.8) is 0 Å². The van der Waals surface area contributed by atoms with Crippen LogP contribution >= 0.6 is 0 Å². The Morgan fingerprint density at radius 1 is 0.865 bits per heavy atom. The second-order valence-electron chi connectivity index (χ2n) is 9.30. The first-order valence-corrected chi connectivity index (χ1v) is 12.6. The molecule has 1 amide bonds. The van der Waals surface area contributed by atoms with Crippen LogP contribution in [0.1, 0.15) is 22.5 Å². The van der Waals surface area contributed by atoms with Gasteiger partial charge in [-0.2, -0.15) is 0 Å². The Labute approximate surface area is 217 Å². The van der Waals surface area contributed by atoms with Crippen LogP contribution in [-0.4, -0.2) is 22.1 Å². The van der Waals surface area contributed by atoms with Gasteiger partial charge in [-0.15, -0.1) is 0 Å². The summed E-state index contributed by atoms with van der Waals surface area (Å²) in [5.74, 6) is 1.68. The number of hydrogen-bond acceptors (Lipinski definition) is 3. The molecule has 186 valence electrons. The number of nitrogens with zero attached hydrogens (tertiary/aromatic N) is 2. The molecule has 5 nitrogen and oxygen atoms in total. The van der Waals surface area contributed by atoms with Crippen LogP contribution in [0, 0.1) is 13.8 Å². The number of ether oxygens (including phenoxy) is 1. The summed E-state index contributed by atoms with van der Waals surface area (Å²) < 4.78 is 8.21. The lowest BCUT2D eigenvalue weighted by Crippen LogP contribution is -2.26. The van der Waals surface area contributed by atoms with E-state index in [1.54, 1.807) is 0 Å². The Bertz CT molecular complexity index is 1500. The topological polar surface area (TPSA) is 56.1 Å². The van der Waals surface area contributed by atoms with Crippen molar-refractivity contribution in [2.45, 2.75) is 33.4 Å². The van der Waals surface area contributed by atoms with Crippen molar-refractivity contribution in [1.29, 1.82) is 0 Å². The van der Waals surface area contributed by atoms with Gasteiger partial charge in [0, 0.05) is 0 Å². The Balaban J connectivity index is 1.22. The number of amides is 1. The summed E-state index contributed by atoms with van der Waals surface area (Å²) in [5.41, 5.74) is 7.57. The minimum atomic E-state index is -0.0300. The van der Waals surface area contributed by atoms with Crippen LogP contribution in [0.3, 0.4) is 0 Å². The number of carbonyl (C=O) groups is 1. The molecule has 5 heteroatoms. The van der Waals surface area contributed by atoms with Crippen molar-refractivity contribution in [3.8, 4) is 16.9 Å².